The minimum Gasteiger partial charge on any atom is -0.358 e. The Labute approximate surface area is 144 Å². The van der Waals surface area contributed by atoms with Crippen LogP contribution in [0.3, 0.4) is 0 Å². The molecule has 0 aromatic heterocycles. The molecule has 4 heteroatoms. The molecule has 0 aliphatic carbocycles. The van der Waals surface area contributed by atoms with Gasteiger partial charge in [-0.3, -0.25) is 4.79 Å². The van der Waals surface area contributed by atoms with E-state index in [4.69, 9.17) is 14.2 Å². The summed E-state index contributed by atoms with van der Waals surface area (Å²) < 4.78 is 18.9. The molecule has 0 aromatic rings. The van der Waals surface area contributed by atoms with Crippen LogP contribution in [-0.2, 0) is 19.0 Å². The Morgan fingerprint density at radius 2 is 1.88 bits per heavy atom. The molecule has 1 spiro atoms. The normalized spacial score (nSPS) is 51.0. The monoisotopic (exact) mass is 334 g/mol. The molecule has 0 saturated carbocycles. The van der Waals surface area contributed by atoms with Crippen molar-refractivity contribution < 1.29 is 19.0 Å². The van der Waals surface area contributed by atoms with E-state index in [-0.39, 0.29) is 29.2 Å². The van der Waals surface area contributed by atoms with Crippen LogP contribution in [0, 0.1) is 5.92 Å². The second kappa shape index (κ2) is 5.15. The standard InChI is InChI=1S/C20H30O4/c1-12(2)15-6-7-18(4)8-9-20(24-18)13(3)10-14(22-20)11-19(5)17(23-19)16(15)21/h13-14,17H,6-11H2,1-5H3/t13-,14+,17+,18-,19+,20+/m0/s1. The summed E-state index contributed by atoms with van der Waals surface area (Å²) in [4.78, 5) is 13.0. The van der Waals surface area contributed by atoms with Crippen molar-refractivity contribution in [2.24, 2.45) is 5.92 Å². The summed E-state index contributed by atoms with van der Waals surface area (Å²) in [6.07, 6.45) is 5.21. The van der Waals surface area contributed by atoms with Gasteiger partial charge in [0.2, 0.25) is 0 Å². The zero-order valence-electron chi connectivity index (χ0n) is 15.6. The Morgan fingerprint density at radius 1 is 1.12 bits per heavy atom. The number of ketones is 1. The molecule has 0 radical (unpaired) electrons. The maximum absolute atomic E-state index is 13.0. The van der Waals surface area contributed by atoms with Crippen molar-refractivity contribution in [3.05, 3.63) is 11.1 Å². The molecule has 4 nitrogen and oxygen atoms in total. The molecule has 4 saturated heterocycles. The van der Waals surface area contributed by atoms with E-state index < -0.39 is 5.79 Å². The van der Waals surface area contributed by atoms with Gasteiger partial charge in [0, 0.05) is 18.8 Å². The number of allylic oxidation sites excluding steroid dienone is 1. The van der Waals surface area contributed by atoms with Gasteiger partial charge in [-0.1, -0.05) is 12.5 Å². The fourth-order valence-electron chi connectivity index (χ4n) is 5.05. The lowest BCUT2D eigenvalue weighted by Gasteiger charge is -2.33. The number of carbonyl (C=O) groups is 1. The van der Waals surface area contributed by atoms with E-state index in [1.165, 1.54) is 0 Å². The summed E-state index contributed by atoms with van der Waals surface area (Å²) >= 11 is 0. The quantitative estimate of drug-likeness (QED) is 0.497. The molecule has 0 unspecified atom stereocenters. The first-order valence-corrected chi connectivity index (χ1v) is 9.43. The highest BCUT2D eigenvalue weighted by Crippen LogP contribution is 2.54. The minimum atomic E-state index is -0.422. The van der Waals surface area contributed by atoms with Crippen molar-refractivity contribution in [2.45, 2.75) is 102 Å². The summed E-state index contributed by atoms with van der Waals surface area (Å²) in [7, 11) is 0. The Hall–Kier alpha value is -0.710. The third-order valence-corrected chi connectivity index (χ3v) is 6.72. The molecule has 4 fully saturated rings. The molecule has 134 valence electrons. The largest absolute Gasteiger partial charge is 0.358 e. The minimum absolute atomic E-state index is 0.125. The highest BCUT2D eigenvalue weighted by Gasteiger charge is 2.62. The Morgan fingerprint density at radius 3 is 2.58 bits per heavy atom. The molecule has 0 N–H and O–H groups in total. The number of hydrogen-bond donors (Lipinski definition) is 0. The van der Waals surface area contributed by atoms with Gasteiger partial charge >= 0.3 is 0 Å². The van der Waals surface area contributed by atoms with Crippen LogP contribution in [0.5, 0.6) is 0 Å². The van der Waals surface area contributed by atoms with E-state index in [2.05, 4.69) is 20.8 Å². The fraction of sp³-hybridized carbons (Fsp3) is 0.850. The topological polar surface area (TPSA) is 48.1 Å². The summed E-state index contributed by atoms with van der Waals surface area (Å²) in [5.41, 5.74) is 1.49. The predicted octanol–water partition coefficient (Wildman–Crippen LogP) is 3.92. The summed E-state index contributed by atoms with van der Waals surface area (Å²) in [6, 6.07) is 0. The molecule has 24 heavy (non-hydrogen) atoms. The van der Waals surface area contributed by atoms with Crippen molar-refractivity contribution in [3.8, 4) is 0 Å². The number of carbonyl (C=O) groups excluding carboxylic acids is 1. The van der Waals surface area contributed by atoms with Crippen LogP contribution in [0.4, 0.5) is 0 Å². The van der Waals surface area contributed by atoms with Gasteiger partial charge in [0.15, 0.2) is 11.6 Å². The molecule has 4 aliphatic heterocycles. The third-order valence-electron chi connectivity index (χ3n) is 6.72. The van der Waals surface area contributed by atoms with Crippen LogP contribution in [-0.4, -0.2) is 35.0 Å². The van der Waals surface area contributed by atoms with E-state index in [1.54, 1.807) is 0 Å². The van der Waals surface area contributed by atoms with Crippen LogP contribution < -0.4 is 0 Å². The average Bonchev–Trinajstić information content (AvgIpc) is 2.87. The molecule has 3 bridgehead atoms. The van der Waals surface area contributed by atoms with Gasteiger partial charge in [-0.15, -0.1) is 0 Å². The number of hydrogen-bond acceptors (Lipinski definition) is 4. The SMILES string of the molecule is CC(C)=C1CC[C@@]2(C)CC[C@@]3(O[C@H](C[C@@H]3C)C[C@@]3(C)O[C@@H]3C1=O)O2. The molecule has 4 aliphatic rings. The summed E-state index contributed by atoms with van der Waals surface area (Å²) in [6.45, 7) is 10.6. The Bertz CT molecular complexity index is 607. The average molecular weight is 334 g/mol. The van der Waals surface area contributed by atoms with Gasteiger partial charge in [-0.05, 0) is 59.0 Å². The van der Waals surface area contributed by atoms with Crippen LogP contribution in [0.25, 0.3) is 0 Å². The lowest BCUT2D eigenvalue weighted by Crippen LogP contribution is -2.39. The first-order valence-electron chi connectivity index (χ1n) is 9.43. The Kier molecular flexibility index (Phi) is 3.59. The van der Waals surface area contributed by atoms with Crippen molar-refractivity contribution in [1.29, 1.82) is 0 Å². The molecule has 0 amide bonds. The van der Waals surface area contributed by atoms with Gasteiger partial charge in [0.1, 0.15) is 11.7 Å². The van der Waals surface area contributed by atoms with Gasteiger partial charge in [0.05, 0.1) is 11.7 Å². The second-order valence-electron chi connectivity index (χ2n) is 9.10. The first-order chi connectivity index (χ1) is 11.2. The molecular weight excluding hydrogens is 304 g/mol. The van der Waals surface area contributed by atoms with Crippen LogP contribution in [0.2, 0.25) is 0 Å². The van der Waals surface area contributed by atoms with Crippen LogP contribution >= 0.6 is 0 Å². The number of fused-ring (bicyclic) bond motifs is 3. The fourth-order valence-corrected chi connectivity index (χ4v) is 5.05. The van der Waals surface area contributed by atoms with Crippen LogP contribution in [0.1, 0.15) is 73.1 Å². The lowest BCUT2D eigenvalue weighted by molar-refractivity contribution is -0.255. The molecule has 6 atom stereocenters. The van der Waals surface area contributed by atoms with Gasteiger partial charge < -0.3 is 14.2 Å². The van der Waals surface area contributed by atoms with E-state index in [1.807, 2.05) is 13.8 Å². The van der Waals surface area contributed by atoms with Crippen molar-refractivity contribution in [1.82, 2.24) is 0 Å². The van der Waals surface area contributed by atoms with E-state index in [0.717, 1.165) is 49.7 Å². The lowest BCUT2D eigenvalue weighted by atomic mass is 9.86. The van der Waals surface area contributed by atoms with Gasteiger partial charge in [-0.25, -0.2) is 0 Å². The van der Waals surface area contributed by atoms with Gasteiger partial charge in [-0.2, -0.15) is 0 Å². The van der Waals surface area contributed by atoms with E-state index in [9.17, 15) is 4.79 Å². The van der Waals surface area contributed by atoms with Crippen LogP contribution in [0.15, 0.2) is 11.1 Å². The van der Waals surface area contributed by atoms with Crippen molar-refractivity contribution >= 4 is 5.78 Å². The second-order valence-corrected chi connectivity index (χ2v) is 9.10. The third kappa shape index (κ3) is 2.49. The highest BCUT2D eigenvalue weighted by molar-refractivity contribution is 6.01. The summed E-state index contributed by atoms with van der Waals surface area (Å²) in [5, 5.41) is 0. The number of ether oxygens (including phenoxy) is 3. The molecule has 4 rings (SSSR count). The predicted molar refractivity (Wildman–Crippen MR) is 90.6 cm³/mol. The Balaban J connectivity index is 1.68. The highest BCUT2D eigenvalue weighted by atomic mass is 16.7. The van der Waals surface area contributed by atoms with Crippen molar-refractivity contribution in [2.75, 3.05) is 0 Å². The van der Waals surface area contributed by atoms with E-state index >= 15 is 0 Å². The zero-order chi connectivity index (χ0) is 17.3. The zero-order valence-corrected chi connectivity index (χ0v) is 15.6. The van der Waals surface area contributed by atoms with Gasteiger partial charge in [0.25, 0.3) is 0 Å². The maximum atomic E-state index is 13.0. The number of epoxide rings is 1. The van der Waals surface area contributed by atoms with Crippen molar-refractivity contribution in [3.63, 3.8) is 0 Å². The van der Waals surface area contributed by atoms with E-state index in [0.29, 0.717) is 5.92 Å². The molecule has 0 aromatic carbocycles. The number of rotatable bonds is 0. The number of Topliss-reactive ketones (excluding diaryl/α,β-unsaturated/α-hetero) is 1. The summed E-state index contributed by atoms with van der Waals surface area (Å²) in [5.74, 6) is 0.149. The smallest absolute Gasteiger partial charge is 0.190 e. The first kappa shape index (κ1) is 16.7. The molecule has 4 heterocycles. The molecular formula is C20H30O4. The maximum Gasteiger partial charge on any atom is 0.190 e.